The van der Waals surface area contributed by atoms with Crippen molar-refractivity contribution in [1.82, 2.24) is 15.1 Å². The van der Waals surface area contributed by atoms with Gasteiger partial charge in [-0.15, -0.1) is 10.2 Å². The summed E-state index contributed by atoms with van der Waals surface area (Å²) in [6.45, 7) is 7.08. The number of aryl methyl sites for hydroxylation is 2. The summed E-state index contributed by atoms with van der Waals surface area (Å²) in [7, 11) is 0. The Morgan fingerprint density at radius 3 is 2.42 bits per heavy atom. The van der Waals surface area contributed by atoms with Gasteiger partial charge in [-0.05, 0) is 49.7 Å². The molecule has 3 aromatic rings. The van der Waals surface area contributed by atoms with Crippen molar-refractivity contribution in [2.24, 2.45) is 0 Å². The summed E-state index contributed by atoms with van der Waals surface area (Å²) in [4.78, 5) is 16.9. The molecule has 0 spiro atoms. The smallest absolute Gasteiger partial charge is 0.254 e. The van der Waals surface area contributed by atoms with Crippen LogP contribution in [0.5, 0.6) is 11.5 Å². The SMILES string of the molecule is Cc1ccc(-c2ccc(N3CCN(C(=O)c4ccc5c(c4)OCO5)CC3)nn2)c(C)c1. The molecule has 31 heavy (non-hydrogen) atoms. The van der Waals surface area contributed by atoms with Gasteiger partial charge in [0.2, 0.25) is 6.79 Å². The molecule has 3 heterocycles. The molecule has 2 aliphatic heterocycles. The third-order valence-corrected chi connectivity index (χ3v) is 5.82. The predicted octanol–water partition coefficient (Wildman–Crippen LogP) is 3.45. The summed E-state index contributed by atoms with van der Waals surface area (Å²) < 4.78 is 10.7. The second-order valence-corrected chi connectivity index (χ2v) is 7.94. The van der Waals surface area contributed by atoms with Gasteiger partial charge in [-0.1, -0.05) is 23.8 Å². The van der Waals surface area contributed by atoms with Gasteiger partial charge in [0.05, 0.1) is 5.69 Å². The van der Waals surface area contributed by atoms with Crippen LogP contribution < -0.4 is 14.4 Å². The normalized spacial score (nSPS) is 15.3. The number of fused-ring (bicyclic) bond motifs is 1. The van der Waals surface area contributed by atoms with Crippen molar-refractivity contribution < 1.29 is 14.3 Å². The average Bonchev–Trinajstić information content (AvgIpc) is 3.27. The number of hydrogen-bond acceptors (Lipinski definition) is 6. The third kappa shape index (κ3) is 3.79. The van der Waals surface area contributed by atoms with E-state index in [0.29, 0.717) is 43.2 Å². The van der Waals surface area contributed by atoms with Crippen LogP contribution >= 0.6 is 0 Å². The monoisotopic (exact) mass is 416 g/mol. The zero-order valence-corrected chi connectivity index (χ0v) is 17.7. The second kappa shape index (κ2) is 7.91. The first-order valence-electron chi connectivity index (χ1n) is 10.4. The van der Waals surface area contributed by atoms with Crippen molar-refractivity contribution in [2.45, 2.75) is 13.8 Å². The van der Waals surface area contributed by atoms with Gasteiger partial charge < -0.3 is 19.3 Å². The minimum atomic E-state index is 0.00854. The van der Waals surface area contributed by atoms with Gasteiger partial charge in [0.15, 0.2) is 17.3 Å². The lowest BCUT2D eigenvalue weighted by Crippen LogP contribution is -2.49. The molecule has 0 atom stereocenters. The number of amides is 1. The van der Waals surface area contributed by atoms with Gasteiger partial charge in [-0.3, -0.25) is 4.79 Å². The van der Waals surface area contributed by atoms with Crippen LogP contribution in [0.25, 0.3) is 11.3 Å². The highest BCUT2D eigenvalue weighted by Gasteiger charge is 2.25. The molecule has 1 amide bonds. The molecule has 7 nitrogen and oxygen atoms in total. The molecule has 1 fully saturated rings. The Morgan fingerprint density at radius 2 is 1.68 bits per heavy atom. The summed E-state index contributed by atoms with van der Waals surface area (Å²) in [6, 6.07) is 15.7. The highest BCUT2D eigenvalue weighted by Crippen LogP contribution is 2.33. The van der Waals surface area contributed by atoms with E-state index in [4.69, 9.17) is 9.47 Å². The van der Waals surface area contributed by atoms with E-state index in [-0.39, 0.29) is 12.7 Å². The van der Waals surface area contributed by atoms with Crippen molar-refractivity contribution >= 4 is 11.7 Å². The zero-order chi connectivity index (χ0) is 21.4. The average molecular weight is 416 g/mol. The minimum Gasteiger partial charge on any atom is -0.454 e. The van der Waals surface area contributed by atoms with E-state index in [2.05, 4.69) is 47.1 Å². The first-order chi connectivity index (χ1) is 15.1. The first kappa shape index (κ1) is 19.4. The topological polar surface area (TPSA) is 67.8 Å². The lowest BCUT2D eigenvalue weighted by Gasteiger charge is -2.35. The molecule has 5 rings (SSSR count). The Balaban J connectivity index is 1.23. The lowest BCUT2D eigenvalue weighted by molar-refractivity contribution is 0.0746. The molecule has 0 N–H and O–H groups in total. The minimum absolute atomic E-state index is 0.00854. The van der Waals surface area contributed by atoms with Crippen LogP contribution in [0.1, 0.15) is 21.5 Å². The van der Waals surface area contributed by atoms with Gasteiger partial charge in [0.1, 0.15) is 0 Å². The summed E-state index contributed by atoms with van der Waals surface area (Å²) in [5, 5.41) is 8.90. The maximum absolute atomic E-state index is 12.9. The van der Waals surface area contributed by atoms with E-state index in [9.17, 15) is 4.79 Å². The van der Waals surface area contributed by atoms with Crippen LogP contribution in [0, 0.1) is 13.8 Å². The largest absolute Gasteiger partial charge is 0.454 e. The number of piperazine rings is 1. The van der Waals surface area contributed by atoms with E-state index in [0.717, 1.165) is 17.1 Å². The fourth-order valence-corrected chi connectivity index (χ4v) is 4.09. The number of rotatable bonds is 3. The Morgan fingerprint density at radius 1 is 0.871 bits per heavy atom. The summed E-state index contributed by atoms with van der Waals surface area (Å²) in [6.07, 6.45) is 0. The molecule has 0 saturated carbocycles. The van der Waals surface area contributed by atoms with Crippen LogP contribution in [-0.2, 0) is 0 Å². The molecule has 0 bridgehead atoms. The van der Waals surface area contributed by atoms with E-state index in [1.54, 1.807) is 18.2 Å². The second-order valence-electron chi connectivity index (χ2n) is 7.94. The Labute approximate surface area is 181 Å². The molecule has 1 aromatic heterocycles. The highest BCUT2D eigenvalue weighted by atomic mass is 16.7. The highest BCUT2D eigenvalue weighted by molar-refractivity contribution is 5.95. The molecular weight excluding hydrogens is 392 g/mol. The number of carbonyl (C=O) groups is 1. The number of hydrogen-bond donors (Lipinski definition) is 0. The Kier molecular flexibility index (Phi) is 4.94. The summed E-state index contributed by atoms with van der Waals surface area (Å²) in [5.41, 5.74) is 5.02. The van der Waals surface area contributed by atoms with E-state index < -0.39 is 0 Å². The Hall–Kier alpha value is -3.61. The molecule has 2 aliphatic rings. The van der Waals surface area contributed by atoms with Gasteiger partial charge in [0, 0.05) is 37.3 Å². The number of anilines is 1. The molecule has 0 radical (unpaired) electrons. The molecule has 2 aromatic carbocycles. The van der Waals surface area contributed by atoms with Crippen LogP contribution in [0.3, 0.4) is 0 Å². The molecule has 7 heteroatoms. The van der Waals surface area contributed by atoms with Crippen LogP contribution in [-0.4, -0.2) is 54.0 Å². The van der Waals surface area contributed by atoms with Gasteiger partial charge in [-0.2, -0.15) is 0 Å². The predicted molar refractivity (Wildman–Crippen MR) is 118 cm³/mol. The standard InChI is InChI=1S/C24H24N4O3/c1-16-3-5-19(17(2)13-16)20-6-8-23(26-25-20)27-9-11-28(12-10-27)24(29)18-4-7-21-22(14-18)31-15-30-21/h3-8,13-14H,9-12,15H2,1-2H3. The van der Waals surface area contributed by atoms with Crippen molar-refractivity contribution in [3.05, 3.63) is 65.2 Å². The number of benzene rings is 2. The molecule has 0 unspecified atom stereocenters. The fourth-order valence-electron chi connectivity index (χ4n) is 4.09. The quantitative estimate of drug-likeness (QED) is 0.652. The lowest BCUT2D eigenvalue weighted by atomic mass is 10.0. The summed E-state index contributed by atoms with van der Waals surface area (Å²) in [5.74, 6) is 2.16. The Bertz CT molecular complexity index is 1120. The molecular formula is C24H24N4O3. The maximum Gasteiger partial charge on any atom is 0.254 e. The van der Waals surface area contributed by atoms with E-state index in [1.165, 1.54) is 11.1 Å². The molecule has 1 saturated heterocycles. The van der Waals surface area contributed by atoms with Crippen molar-refractivity contribution in [3.63, 3.8) is 0 Å². The van der Waals surface area contributed by atoms with Crippen molar-refractivity contribution in [3.8, 4) is 22.8 Å². The van der Waals surface area contributed by atoms with E-state index >= 15 is 0 Å². The van der Waals surface area contributed by atoms with Crippen LogP contribution in [0.15, 0.2) is 48.5 Å². The van der Waals surface area contributed by atoms with Gasteiger partial charge >= 0.3 is 0 Å². The van der Waals surface area contributed by atoms with E-state index in [1.807, 2.05) is 17.0 Å². The van der Waals surface area contributed by atoms with Crippen molar-refractivity contribution in [2.75, 3.05) is 37.9 Å². The maximum atomic E-state index is 12.9. The number of ether oxygens (including phenoxy) is 2. The summed E-state index contributed by atoms with van der Waals surface area (Å²) >= 11 is 0. The van der Waals surface area contributed by atoms with Crippen LogP contribution in [0.4, 0.5) is 5.82 Å². The first-order valence-corrected chi connectivity index (χ1v) is 10.4. The number of nitrogens with zero attached hydrogens (tertiary/aromatic N) is 4. The van der Waals surface area contributed by atoms with Gasteiger partial charge in [-0.25, -0.2) is 0 Å². The van der Waals surface area contributed by atoms with Gasteiger partial charge in [0.25, 0.3) is 5.91 Å². The number of carbonyl (C=O) groups excluding carboxylic acids is 1. The molecule has 158 valence electrons. The number of aromatic nitrogens is 2. The zero-order valence-electron chi connectivity index (χ0n) is 17.7. The van der Waals surface area contributed by atoms with Crippen LogP contribution in [0.2, 0.25) is 0 Å². The van der Waals surface area contributed by atoms with Crippen molar-refractivity contribution in [1.29, 1.82) is 0 Å². The molecule has 0 aliphatic carbocycles. The third-order valence-electron chi connectivity index (χ3n) is 5.82. The fraction of sp³-hybridized carbons (Fsp3) is 0.292.